The number of aryl methyl sites for hydroxylation is 1. The van der Waals surface area contributed by atoms with Crippen molar-refractivity contribution in [2.75, 3.05) is 0 Å². The van der Waals surface area contributed by atoms with Gasteiger partial charge in [0, 0.05) is 22.3 Å². The maximum Gasteiger partial charge on any atom is 0.131 e. The summed E-state index contributed by atoms with van der Waals surface area (Å²) in [4.78, 5) is 4.43. The topological polar surface area (TPSA) is 25.2 Å². The SMILES string of the molecule is Cc1nc(C(N=S)c2cccc(Br)c2)cs1. The number of hydrogen-bond donors (Lipinski definition) is 0. The number of benzene rings is 1. The van der Waals surface area contributed by atoms with Gasteiger partial charge in [-0.15, -0.1) is 11.3 Å². The number of aromatic nitrogens is 1. The zero-order valence-electron chi connectivity index (χ0n) is 8.55. The van der Waals surface area contributed by atoms with Crippen LogP contribution in [0.2, 0.25) is 0 Å². The highest BCUT2D eigenvalue weighted by molar-refractivity contribution is 9.10. The lowest BCUT2D eigenvalue weighted by atomic mass is 10.1. The molecule has 1 aromatic carbocycles. The quantitative estimate of drug-likeness (QED) is 0.854. The maximum atomic E-state index is 4.86. The molecule has 0 N–H and O–H groups in total. The number of hydrogen-bond acceptors (Lipinski definition) is 4. The standard InChI is InChI=1S/C11H9BrN2S2/c1-7-13-10(6-16-7)11(14-15)8-3-2-4-9(12)5-8/h2-6,11H,1H3. The van der Waals surface area contributed by atoms with Gasteiger partial charge in [0.2, 0.25) is 0 Å². The summed E-state index contributed by atoms with van der Waals surface area (Å²) in [7, 11) is 0. The van der Waals surface area contributed by atoms with E-state index in [9.17, 15) is 0 Å². The van der Waals surface area contributed by atoms with Gasteiger partial charge in [-0.1, -0.05) is 28.1 Å². The Balaban J connectivity index is 2.40. The van der Waals surface area contributed by atoms with Crippen LogP contribution >= 0.6 is 27.3 Å². The van der Waals surface area contributed by atoms with E-state index in [1.165, 1.54) is 0 Å². The molecule has 0 saturated heterocycles. The predicted octanol–water partition coefficient (Wildman–Crippen LogP) is 4.03. The van der Waals surface area contributed by atoms with E-state index in [1.54, 1.807) is 11.3 Å². The molecule has 16 heavy (non-hydrogen) atoms. The van der Waals surface area contributed by atoms with Gasteiger partial charge < -0.3 is 0 Å². The van der Waals surface area contributed by atoms with Crippen LogP contribution in [0, 0.1) is 6.92 Å². The first-order chi connectivity index (χ1) is 7.70. The molecule has 2 rings (SSSR count). The molecule has 0 saturated carbocycles. The first-order valence-electron chi connectivity index (χ1n) is 4.70. The molecule has 0 bridgehead atoms. The molecule has 0 radical (unpaired) electrons. The van der Waals surface area contributed by atoms with E-state index in [-0.39, 0.29) is 6.04 Å². The number of nitrogens with zero attached hydrogens (tertiary/aromatic N) is 2. The summed E-state index contributed by atoms with van der Waals surface area (Å²) in [5, 5.41) is 3.05. The van der Waals surface area contributed by atoms with E-state index in [2.05, 4.69) is 25.3 Å². The molecule has 1 atom stereocenters. The zero-order chi connectivity index (χ0) is 11.5. The summed E-state index contributed by atoms with van der Waals surface area (Å²) in [6.07, 6.45) is 0. The third-order valence-corrected chi connectivity index (χ3v) is 3.68. The minimum absolute atomic E-state index is 0.141. The highest BCUT2D eigenvalue weighted by Gasteiger charge is 2.15. The van der Waals surface area contributed by atoms with Crippen molar-refractivity contribution in [3.63, 3.8) is 0 Å². The highest BCUT2D eigenvalue weighted by atomic mass is 79.9. The number of thiazole rings is 1. The largest absolute Gasteiger partial charge is 0.244 e. The second kappa shape index (κ2) is 5.12. The van der Waals surface area contributed by atoms with Crippen LogP contribution in [-0.4, -0.2) is 4.98 Å². The lowest BCUT2D eigenvalue weighted by Crippen LogP contribution is -1.97. The summed E-state index contributed by atoms with van der Waals surface area (Å²) < 4.78 is 5.02. The summed E-state index contributed by atoms with van der Waals surface area (Å²) in [6.45, 7) is 1.98. The van der Waals surface area contributed by atoms with Gasteiger partial charge in [-0.3, -0.25) is 0 Å². The summed E-state index contributed by atoms with van der Waals surface area (Å²) >= 11 is 9.93. The Hall–Kier alpha value is -0.650. The fraction of sp³-hybridized carbons (Fsp3) is 0.182. The Labute approximate surface area is 112 Å². The highest BCUT2D eigenvalue weighted by Crippen LogP contribution is 2.28. The van der Waals surface area contributed by atoms with E-state index >= 15 is 0 Å². The zero-order valence-corrected chi connectivity index (χ0v) is 11.8. The van der Waals surface area contributed by atoms with Gasteiger partial charge >= 0.3 is 0 Å². The Morgan fingerprint density at radius 3 is 2.88 bits per heavy atom. The molecular weight excluding hydrogens is 304 g/mol. The van der Waals surface area contributed by atoms with Crippen LogP contribution in [0.25, 0.3) is 0 Å². The van der Waals surface area contributed by atoms with Gasteiger partial charge in [0.05, 0.1) is 10.7 Å². The van der Waals surface area contributed by atoms with E-state index in [4.69, 9.17) is 12.4 Å². The molecule has 1 unspecified atom stereocenters. The van der Waals surface area contributed by atoms with Crippen molar-refractivity contribution in [1.82, 2.24) is 4.98 Å². The average Bonchev–Trinajstić information content (AvgIpc) is 2.66. The van der Waals surface area contributed by atoms with E-state index in [0.717, 1.165) is 20.7 Å². The van der Waals surface area contributed by atoms with Crippen LogP contribution in [0.3, 0.4) is 0 Å². The van der Waals surface area contributed by atoms with Gasteiger partial charge in [-0.05, 0) is 24.6 Å². The van der Waals surface area contributed by atoms with Crippen molar-refractivity contribution in [2.24, 2.45) is 4.36 Å². The van der Waals surface area contributed by atoms with Crippen LogP contribution < -0.4 is 0 Å². The second-order valence-electron chi connectivity index (χ2n) is 3.35. The van der Waals surface area contributed by atoms with E-state index in [1.807, 2.05) is 36.6 Å². The van der Waals surface area contributed by atoms with Gasteiger partial charge in [0.1, 0.15) is 6.04 Å². The van der Waals surface area contributed by atoms with Crippen LogP contribution in [0.5, 0.6) is 0 Å². The fourth-order valence-electron chi connectivity index (χ4n) is 1.47. The first-order valence-corrected chi connectivity index (χ1v) is 6.74. The van der Waals surface area contributed by atoms with Gasteiger partial charge in [0.25, 0.3) is 0 Å². The minimum atomic E-state index is -0.141. The van der Waals surface area contributed by atoms with Gasteiger partial charge in [0.15, 0.2) is 0 Å². The monoisotopic (exact) mass is 312 g/mol. The molecule has 0 amide bonds. The van der Waals surface area contributed by atoms with Gasteiger partial charge in [-0.2, -0.15) is 0 Å². The van der Waals surface area contributed by atoms with Crippen molar-refractivity contribution in [1.29, 1.82) is 0 Å². The average molecular weight is 313 g/mol. The minimum Gasteiger partial charge on any atom is -0.244 e. The van der Waals surface area contributed by atoms with Crippen molar-refractivity contribution < 1.29 is 0 Å². The van der Waals surface area contributed by atoms with E-state index < -0.39 is 0 Å². The summed E-state index contributed by atoms with van der Waals surface area (Å²) in [5.74, 6) is 0. The van der Waals surface area contributed by atoms with E-state index in [0.29, 0.717) is 0 Å². The van der Waals surface area contributed by atoms with Gasteiger partial charge in [-0.25, -0.2) is 9.35 Å². The fourth-order valence-corrected chi connectivity index (χ4v) is 2.75. The molecule has 0 aliphatic rings. The number of rotatable bonds is 3. The lowest BCUT2D eigenvalue weighted by molar-refractivity contribution is 0.851. The molecule has 82 valence electrons. The van der Waals surface area contributed by atoms with Crippen LogP contribution in [-0.2, 0) is 12.4 Å². The Bertz CT molecular complexity index is 510. The normalized spacial score (nSPS) is 12.4. The van der Waals surface area contributed by atoms with Crippen molar-refractivity contribution in [3.05, 3.63) is 50.4 Å². The Kier molecular flexibility index (Phi) is 3.78. The molecule has 2 nitrogen and oxygen atoms in total. The summed E-state index contributed by atoms with van der Waals surface area (Å²) in [6, 6.07) is 7.86. The lowest BCUT2D eigenvalue weighted by Gasteiger charge is -2.08. The molecule has 1 aromatic heterocycles. The smallest absolute Gasteiger partial charge is 0.131 e. The molecule has 0 spiro atoms. The molecule has 5 heteroatoms. The van der Waals surface area contributed by atoms with Crippen LogP contribution in [0.15, 0.2) is 38.5 Å². The molecule has 2 aromatic rings. The number of halogens is 1. The third-order valence-electron chi connectivity index (χ3n) is 2.19. The maximum absolute atomic E-state index is 4.86. The Morgan fingerprint density at radius 1 is 1.50 bits per heavy atom. The van der Waals surface area contributed by atoms with Crippen LogP contribution in [0.1, 0.15) is 22.3 Å². The van der Waals surface area contributed by atoms with Crippen molar-refractivity contribution in [3.8, 4) is 0 Å². The Morgan fingerprint density at radius 2 is 2.31 bits per heavy atom. The molecule has 0 aliphatic carbocycles. The molecular formula is C11H9BrN2S2. The third kappa shape index (κ3) is 2.53. The van der Waals surface area contributed by atoms with Crippen molar-refractivity contribution >= 4 is 39.7 Å². The predicted molar refractivity (Wildman–Crippen MR) is 72.6 cm³/mol. The summed E-state index contributed by atoms with van der Waals surface area (Å²) in [5.41, 5.74) is 1.99. The molecule has 0 aliphatic heterocycles. The molecule has 1 heterocycles. The van der Waals surface area contributed by atoms with Crippen LogP contribution in [0.4, 0.5) is 0 Å². The first kappa shape index (κ1) is 11.8. The molecule has 0 fully saturated rings. The van der Waals surface area contributed by atoms with Crippen molar-refractivity contribution in [2.45, 2.75) is 13.0 Å². The second-order valence-corrected chi connectivity index (χ2v) is 5.54.